The fourth-order valence-electron chi connectivity index (χ4n) is 1.66. The van der Waals surface area contributed by atoms with Crippen LogP contribution in [0.1, 0.15) is 17.3 Å². The molecule has 9 heteroatoms. The number of aliphatic imine (C=N–C) groups is 1. The van der Waals surface area contributed by atoms with Crippen LogP contribution in [0, 0.1) is 0 Å². The summed E-state index contributed by atoms with van der Waals surface area (Å²) in [6.07, 6.45) is -5.05. The molecule has 0 saturated carbocycles. The molecule has 0 bridgehead atoms. The first-order valence-electron chi connectivity index (χ1n) is 5.32. The van der Waals surface area contributed by atoms with Crippen LogP contribution < -0.4 is 0 Å². The van der Waals surface area contributed by atoms with Crippen LogP contribution in [0.5, 0.6) is 0 Å². The van der Waals surface area contributed by atoms with Gasteiger partial charge in [-0.25, -0.2) is 4.99 Å². The maximum absolute atomic E-state index is 12.5. The Morgan fingerprint density at radius 3 is 2.10 bits per heavy atom. The van der Waals surface area contributed by atoms with E-state index < -0.39 is 21.7 Å². The molecule has 110 valence electrons. The Morgan fingerprint density at radius 2 is 1.70 bits per heavy atom. The molecule has 1 aliphatic rings. The van der Waals surface area contributed by atoms with Crippen molar-refractivity contribution in [3.05, 3.63) is 35.4 Å². The number of halogens is 6. The van der Waals surface area contributed by atoms with Crippen LogP contribution >= 0.6 is 34.8 Å². The Bertz CT molecular complexity index is 525. The molecule has 0 N–H and O–H groups in total. The van der Waals surface area contributed by atoms with Gasteiger partial charge in [-0.3, -0.25) is 0 Å². The van der Waals surface area contributed by atoms with E-state index in [-0.39, 0.29) is 5.90 Å². The Balaban J connectivity index is 2.26. The van der Waals surface area contributed by atoms with Crippen molar-refractivity contribution in [2.75, 3.05) is 7.05 Å². The molecule has 0 fully saturated rings. The highest BCUT2D eigenvalue weighted by Gasteiger charge is 2.39. The van der Waals surface area contributed by atoms with Crippen molar-refractivity contribution in [1.29, 1.82) is 0 Å². The lowest BCUT2D eigenvalue weighted by atomic mass is 10.1. The van der Waals surface area contributed by atoms with Crippen molar-refractivity contribution < 1.29 is 18.0 Å². The summed E-state index contributed by atoms with van der Waals surface area (Å²) in [5.74, 6) is -0.130. The summed E-state index contributed by atoms with van der Waals surface area (Å²) >= 11 is 16.9. The second kappa shape index (κ2) is 5.26. The lowest BCUT2D eigenvalue weighted by molar-refractivity contribution is -0.137. The largest absolute Gasteiger partial charge is 0.416 e. The van der Waals surface area contributed by atoms with Crippen LogP contribution in [0.2, 0.25) is 0 Å². The molecular formula is C11H8Cl3F3N2O. The lowest BCUT2D eigenvalue weighted by Crippen LogP contribution is -2.24. The fraction of sp³-hybridized carbons (Fsp3) is 0.364. The van der Waals surface area contributed by atoms with E-state index in [0.29, 0.717) is 5.56 Å². The number of hydrogen-bond acceptors (Lipinski definition) is 3. The number of hydroxylamine groups is 2. The predicted molar refractivity (Wildman–Crippen MR) is 70.8 cm³/mol. The van der Waals surface area contributed by atoms with Gasteiger partial charge in [0.25, 0.3) is 9.69 Å². The van der Waals surface area contributed by atoms with E-state index in [0.717, 1.165) is 12.1 Å². The number of alkyl halides is 6. The van der Waals surface area contributed by atoms with E-state index in [1.165, 1.54) is 24.2 Å². The van der Waals surface area contributed by atoms with Gasteiger partial charge >= 0.3 is 6.18 Å². The number of rotatable bonds is 1. The summed E-state index contributed by atoms with van der Waals surface area (Å²) in [4.78, 5) is 9.20. The highest BCUT2D eigenvalue weighted by molar-refractivity contribution is 6.76. The molecule has 1 heterocycles. The van der Waals surface area contributed by atoms with Gasteiger partial charge in [0.2, 0.25) is 0 Å². The van der Waals surface area contributed by atoms with Gasteiger partial charge in [0, 0.05) is 7.05 Å². The summed E-state index contributed by atoms with van der Waals surface area (Å²) in [5, 5.41) is 1.29. The van der Waals surface area contributed by atoms with Gasteiger partial charge in [-0.2, -0.15) is 13.2 Å². The van der Waals surface area contributed by atoms with E-state index in [1.807, 2.05) is 0 Å². The van der Waals surface area contributed by atoms with Gasteiger partial charge in [0.15, 0.2) is 6.17 Å². The van der Waals surface area contributed by atoms with Gasteiger partial charge in [-0.05, 0) is 17.7 Å². The maximum Gasteiger partial charge on any atom is 0.416 e. The molecular weight excluding hydrogens is 339 g/mol. The van der Waals surface area contributed by atoms with Crippen LogP contribution in [0.25, 0.3) is 0 Å². The van der Waals surface area contributed by atoms with E-state index >= 15 is 0 Å². The zero-order chi connectivity index (χ0) is 15.1. The Morgan fingerprint density at radius 1 is 1.15 bits per heavy atom. The average molecular weight is 348 g/mol. The maximum atomic E-state index is 12.5. The van der Waals surface area contributed by atoms with Crippen LogP contribution in [-0.4, -0.2) is 21.8 Å². The normalized spacial score (nSPS) is 20.8. The minimum Gasteiger partial charge on any atom is -0.384 e. The van der Waals surface area contributed by atoms with Crippen LogP contribution in [0.4, 0.5) is 13.2 Å². The van der Waals surface area contributed by atoms with Gasteiger partial charge in [-0.15, -0.1) is 5.06 Å². The Kier molecular flexibility index (Phi) is 4.12. The fourth-order valence-corrected chi connectivity index (χ4v) is 1.91. The molecule has 2 rings (SSSR count). The molecule has 3 nitrogen and oxygen atoms in total. The van der Waals surface area contributed by atoms with E-state index in [9.17, 15) is 13.2 Å². The minimum absolute atomic E-state index is 0.130. The first-order chi connectivity index (χ1) is 9.09. The molecule has 0 radical (unpaired) electrons. The summed E-state index contributed by atoms with van der Waals surface area (Å²) in [7, 11) is 1.54. The van der Waals surface area contributed by atoms with Gasteiger partial charge in [-0.1, -0.05) is 46.9 Å². The first kappa shape index (κ1) is 15.7. The topological polar surface area (TPSA) is 24.8 Å². The standard InChI is InChI=1S/C11H8Cl3F3N2O/c1-19-8(18-9(20-19)10(12,13)14)6-2-4-7(5-3-6)11(15,16)17/h2-5,8H,1H3. The smallest absolute Gasteiger partial charge is 0.384 e. The molecule has 0 aromatic heterocycles. The van der Waals surface area contributed by atoms with Crippen molar-refractivity contribution in [2.24, 2.45) is 4.99 Å². The monoisotopic (exact) mass is 346 g/mol. The molecule has 1 atom stereocenters. The van der Waals surface area contributed by atoms with Gasteiger partial charge < -0.3 is 4.84 Å². The summed E-state index contributed by atoms with van der Waals surface area (Å²) < 4.78 is 35.6. The summed E-state index contributed by atoms with van der Waals surface area (Å²) in [6.45, 7) is 0. The first-order valence-corrected chi connectivity index (χ1v) is 6.45. The van der Waals surface area contributed by atoms with Crippen molar-refractivity contribution in [3.63, 3.8) is 0 Å². The van der Waals surface area contributed by atoms with Crippen molar-refractivity contribution >= 4 is 40.7 Å². The molecule has 0 aliphatic carbocycles. The number of nitrogens with zero attached hydrogens (tertiary/aromatic N) is 2. The third-order valence-corrected chi connectivity index (χ3v) is 3.08. The molecule has 0 spiro atoms. The van der Waals surface area contributed by atoms with Crippen molar-refractivity contribution in [3.8, 4) is 0 Å². The van der Waals surface area contributed by atoms with Crippen molar-refractivity contribution in [1.82, 2.24) is 5.06 Å². The zero-order valence-electron chi connectivity index (χ0n) is 9.96. The Labute approximate surface area is 127 Å². The molecule has 20 heavy (non-hydrogen) atoms. The SMILES string of the molecule is CN1OC(C(Cl)(Cl)Cl)=NC1c1ccc(C(F)(F)F)cc1. The summed E-state index contributed by atoms with van der Waals surface area (Å²) in [6, 6.07) is 4.54. The van der Waals surface area contributed by atoms with E-state index in [2.05, 4.69) is 4.99 Å². The van der Waals surface area contributed by atoms with Crippen molar-refractivity contribution in [2.45, 2.75) is 16.1 Å². The third-order valence-electron chi connectivity index (χ3n) is 2.59. The Hall–Kier alpha value is -0.690. The second-order valence-electron chi connectivity index (χ2n) is 4.06. The lowest BCUT2D eigenvalue weighted by Gasteiger charge is -2.17. The van der Waals surface area contributed by atoms with Crippen LogP contribution in [0.15, 0.2) is 29.3 Å². The molecule has 1 aromatic rings. The molecule has 1 unspecified atom stereocenters. The minimum atomic E-state index is -4.39. The highest BCUT2D eigenvalue weighted by atomic mass is 35.6. The highest BCUT2D eigenvalue weighted by Crippen LogP contribution is 2.37. The van der Waals surface area contributed by atoms with Crippen LogP contribution in [0.3, 0.4) is 0 Å². The second-order valence-corrected chi connectivity index (χ2v) is 6.34. The molecule has 1 aromatic carbocycles. The molecule has 0 amide bonds. The predicted octanol–water partition coefficient (Wildman–Crippen LogP) is 4.35. The van der Waals surface area contributed by atoms with Gasteiger partial charge in [0.1, 0.15) is 0 Å². The quantitative estimate of drug-likeness (QED) is 0.706. The number of benzene rings is 1. The molecule has 1 aliphatic heterocycles. The number of hydrogen-bond donors (Lipinski definition) is 0. The third kappa shape index (κ3) is 3.31. The van der Waals surface area contributed by atoms with E-state index in [4.69, 9.17) is 39.6 Å². The van der Waals surface area contributed by atoms with Crippen LogP contribution in [-0.2, 0) is 11.0 Å². The van der Waals surface area contributed by atoms with Gasteiger partial charge in [0.05, 0.1) is 5.56 Å². The zero-order valence-corrected chi connectivity index (χ0v) is 12.2. The average Bonchev–Trinajstić information content (AvgIpc) is 2.70. The molecule has 0 saturated heterocycles. The van der Waals surface area contributed by atoms with E-state index in [1.54, 1.807) is 0 Å². The summed E-state index contributed by atoms with van der Waals surface area (Å²) in [5.41, 5.74) is -0.252.